The second kappa shape index (κ2) is 6.76. The lowest BCUT2D eigenvalue weighted by atomic mass is 10.1. The van der Waals surface area contributed by atoms with Gasteiger partial charge in [-0.1, -0.05) is 6.58 Å². The van der Waals surface area contributed by atoms with E-state index < -0.39 is 11.7 Å². The Labute approximate surface area is 143 Å². The molecule has 25 heavy (non-hydrogen) atoms. The van der Waals surface area contributed by atoms with E-state index in [1.54, 1.807) is 37.3 Å². The van der Waals surface area contributed by atoms with Crippen LogP contribution in [0.25, 0.3) is 11.0 Å². The second-order valence-electron chi connectivity index (χ2n) is 5.77. The van der Waals surface area contributed by atoms with E-state index in [1.165, 1.54) is 6.07 Å². The smallest absolute Gasteiger partial charge is 0.336 e. The standard InChI is InChI=1S/C19H16O6/c1-11(7-15-8-12(2)19(22)24-15)16(20)10-23-14-5-3-13-4-6-18(21)25-17(13)9-14/h3-6,8-9,15H,1,7,10H2,2H3/t15-/m1/s1. The molecule has 0 N–H and O–H groups in total. The van der Waals surface area contributed by atoms with Crippen LogP contribution >= 0.6 is 0 Å². The van der Waals surface area contributed by atoms with E-state index in [-0.39, 0.29) is 24.8 Å². The fourth-order valence-corrected chi connectivity index (χ4v) is 2.45. The average Bonchev–Trinajstić information content (AvgIpc) is 2.89. The molecule has 1 aromatic carbocycles. The van der Waals surface area contributed by atoms with Gasteiger partial charge in [-0.25, -0.2) is 9.59 Å². The van der Waals surface area contributed by atoms with E-state index in [0.717, 1.165) is 5.39 Å². The molecule has 0 unspecified atom stereocenters. The fourth-order valence-electron chi connectivity index (χ4n) is 2.45. The molecule has 0 fully saturated rings. The normalized spacial score (nSPS) is 16.4. The van der Waals surface area contributed by atoms with Crippen molar-refractivity contribution in [3.63, 3.8) is 0 Å². The van der Waals surface area contributed by atoms with Crippen molar-refractivity contribution in [3.8, 4) is 5.75 Å². The summed E-state index contributed by atoms with van der Waals surface area (Å²) in [7, 11) is 0. The second-order valence-corrected chi connectivity index (χ2v) is 5.77. The van der Waals surface area contributed by atoms with Crippen molar-refractivity contribution < 1.29 is 23.5 Å². The molecule has 0 saturated heterocycles. The molecule has 1 aliphatic rings. The van der Waals surface area contributed by atoms with E-state index in [9.17, 15) is 14.4 Å². The van der Waals surface area contributed by atoms with Crippen molar-refractivity contribution in [1.82, 2.24) is 0 Å². The zero-order valence-corrected chi connectivity index (χ0v) is 13.6. The van der Waals surface area contributed by atoms with Gasteiger partial charge in [0, 0.05) is 29.5 Å². The molecular weight excluding hydrogens is 324 g/mol. The van der Waals surface area contributed by atoms with Crippen LogP contribution in [0.4, 0.5) is 0 Å². The number of cyclic esters (lactones) is 1. The molecule has 0 aliphatic carbocycles. The minimum Gasteiger partial charge on any atom is -0.485 e. The van der Waals surface area contributed by atoms with Gasteiger partial charge in [0.05, 0.1) is 0 Å². The van der Waals surface area contributed by atoms with Crippen LogP contribution in [0.5, 0.6) is 5.75 Å². The molecule has 3 rings (SSSR count). The highest BCUT2D eigenvalue weighted by Crippen LogP contribution is 2.21. The van der Waals surface area contributed by atoms with Crippen molar-refractivity contribution in [2.24, 2.45) is 0 Å². The van der Waals surface area contributed by atoms with Gasteiger partial charge >= 0.3 is 11.6 Å². The molecule has 0 saturated carbocycles. The van der Waals surface area contributed by atoms with Crippen LogP contribution in [0.1, 0.15) is 13.3 Å². The van der Waals surface area contributed by atoms with E-state index in [4.69, 9.17) is 13.9 Å². The maximum Gasteiger partial charge on any atom is 0.336 e. The molecule has 2 aromatic rings. The van der Waals surface area contributed by atoms with Gasteiger partial charge in [0.15, 0.2) is 12.4 Å². The minimum atomic E-state index is -0.459. The first-order chi connectivity index (χ1) is 11.9. The lowest BCUT2D eigenvalue weighted by molar-refractivity contribution is -0.139. The Morgan fingerprint density at radius 3 is 2.72 bits per heavy atom. The number of ether oxygens (including phenoxy) is 2. The third-order valence-electron chi connectivity index (χ3n) is 3.82. The first kappa shape index (κ1) is 16.7. The lowest BCUT2D eigenvalue weighted by Gasteiger charge is -2.11. The molecule has 0 spiro atoms. The summed E-state index contributed by atoms with van der Waals surface area (Å²) in [5.74, 6) is -0.256. The summed E-state index contributed by atoms with van der Waals surface area (Å²) in [6.07, 6.45) is 1.45. The first-order valence-electron chi connectivity index (χ1n) is 7.69. The predicted octanol–water partition coefficient (Wildman–Crippen LogP) is 2.56. The van der Waals surface area contributed by atoms with Crippen LogP contribution in [0.15, 0.2) is 63.3 Å². The van der Waals surface area contributed by atoms with Gasteiger partial charge in [0.1, 0.15) is 17.4 Å². The molecule has 1 aliphatic heterocycles. The fraction of sp³-hybridized carbons (Fsp3) is 0.211. The van der Waals surface area contributed by atoms with Crippen molar-refractivity contribution >= 4 is 22.7 Å². The third kappa shape index (κ3) is 3.85. The number of carbonyl (C=O) groups is 2. The molecule has 6 nitrogen and oxygen atoms in total. The number of ketones is 1. The van der Waals surface area contributed by atoms with E-state index in [2.05, 4.69) is 6.58 Å². The molecule has 128 valence electrons. The Kier molecular flexibility index (Phi) is 4.52. The van der Waals surface area contributed by atoms with Crippen LogP contribution in [-0.4, -0.2) is 24.5 Å². The Morgan fingerprint density at radius 1 is 1.24 bits per heavy atom. The van der Waals surface area contributed by atoms with Gasteiger partial charge in [0.2, 0.25) is 0 Å². The monoisotopic (exact) mass is 340 g/mol. The summed E-state index contributed by atoms with van der Waals surface area (Å²) in [4.78, 5) is 34.7. The number of Topliss-reactive ketones (excluding diaryl/α,β-unsaturated/α-hetero) is 1. The Hall–Kier alpha value is -3.15. The van der Waals surface area contributed by atoms with Gasteiger partial charge in [-0.3, -0.25) is 4.79 Å². The Morgan fingerprint density at radius 2 is 2.00 bits per heavy atom. The van der Waals surface area contributed by atoms with Gasteiger partial charge in [-0.2, -0.15) is 0 Å². The number of benzene rings is 1. The average molecular weight is 340 g/mol. The molecule has 2 heterocycles. The van der Waals surface area contributed by atoms with Crippen LogP contribution in [0.2, 0.25) is 0 Å². The van der Waals surface area contributed by atoms with Gasteiger partial charge in [0.25, 0.3) is 0 Å². The van der Waals surface area contributed by atoms with E-state index >= 15 is 0 Å². The van der Waals surface area contributed by atoms with Crippen molar-refractivity contribution in [1.29, 1.82) is 0 Å². The molecule has 1 aromatic heterocycles. The summed E-state index contributed by atoms with van der Waals surface area (Å²) in [6, 6.07) is 7.96. The van der Waals surface area contributed by atoms with Crippen molar-refractivity contribution in [2.75, 3.05) is 6.61 Å². The van der Waals surface area contributed by atoms with E-state index in [1.807, 2.05) is 0 Å². The molecular formula is C19H16O6. The number of esters is 1. The quantitative estimate of drug-likeness (QED) is 0.457. The number of hydrogen-bond donors (Lipinski definition) is 0. The topological polar surface area (TPSA) is 82.8 Å². The third-order valence-corrected chi connectivity index (χ3v) is 3.82. The Balaban J connectivity index is 1.59. The molecule has 0 amide bonds. The predicted molar refractivity (Wildman–Crippen MR) is 90.4 cm³/mol. The summed E-state index contributed by atoms with van der Waals surface area (Å²) in [5, 5.41) is 0.757. The number of fused-ring (bicyclic) bond motifs is 1. The number of carbonyl (C=O) groups excluding carboxylic acids is 2. The molecule has 0 radical (unpaired) electrons. The van der Waals surface area contributed by atoms with Crippen molar-refractivity contribution in [2.45, 2.75) is 19.4 Å². The summed E-state index contributed by atoms with van der Waals surface area (Å²) in [6.45, 7) is 5.19. The summed E-state index contributed by atoms with van der Waals surface area (Å²) in [5.41, 5.74) is 0.772. The van der Waals surface area contributed by atoms with E-state index in [0.29, 0.717) is 22.5 Å². The highest BCUT2D eigenvalue weighted by atomic mass is 16.5. The largest absolute Gasteiger partial charge is 0.485 e. The van der Waals surface area contributed by atoms with Gasteiger partial charge in [-0.05, 0) is 36.8 Å². The highest BCUT2D eigenvalue weighted by molar-refractivity contribution is 5.96. The van der Waals surface area contributed by atoms with Crippen LogP contribution in [-0.2, 0) is 14.3 Å². The van der Waals surface area contributed by atoms with Gasteiger partial charge < -0.3 is 13.9 Å². The molecule has 1 atom stereocenters. The first-order valence-corrected chi connectivity index (χ1v) is 7.69. The van der Waals surface area contributed by atoms with Crippen LogP contribution < -0.4 is 10.4 Å². The molecule has 6 heteroatoms. The van der Waals surface area contributed by atoms with Crippen LogP contribution in [0.3, 0.4) is 0 Å². The lowest BCUT2D eigenvalue weighted by Crippen LogP contribution is -2.17. The SMILES string of the molecule is C=C(C[C@@H]1C=C(C)C(=O)O1)C(=O)COc1ccc2ccc(=O)oc2c1. The number of rotatable bonds is 6. The number of hydrogen-bond acceptors (Lipinski definition) is 6. The zero-order chi connectivity index (χ0) is 18.0. The summed E-state index contributed by atoms with van der Waals surface area (Å²) >= 11 is 0. The maximum absolute atomic E-state index is 12.1. The highest BCUT2D eigenvalue weighted by Gasteiger charge is 2.24. The summed E-state index contributed by atoms with van der Waals surface area (Å²) < 4.78 is 15.6. The van der Waals surface area contributed by atoms with Gasteiger partial charge in [-0.15, -0.1) is 0 Å². The van der Waals surface area contributed by atoms with Crippen LogP contribution in [0, 0.1) is 0 Å². The van der Waals surface area contributed by atoms with Crippen molar-refractivity contribution in [3.05, 3.63) is 64.6 Å². The Bertz CT molecular complexity index is 950. The zero-order valence-electron chi connectivity index (χ0n) is 13.6. The minimum absolute atomic E-state index is 0.204. The molecule has 0 bridgehead atoms. The maximum atomic E-state index is 12.1.